The van der Waals surface area contributed by atoms with Crippen LogP contribution in [0.3, 0.4) is 0 Å². The van der Waals surface area contributed by atoms with Crippen molar-refractivity contribution < 1.29 is 4.74 Å². The summed E-state index contributed by atoms with van der Waals surface area (Å²) in [5, 5.41) is 0. The zero-order chi connectivity index (χ0) is 13.1. The monoisotopic (exact) mass is 252 g/mol. The van der Waals surface area contributed by atoms with E-state index in [1.54, 1.807) is 0 Å². The van der Waals surface area contributed by atoms with Gasteiger partial charge < -0.3 is 4.74 Å². The largest absolute Gasteiger partial charge is 0.492 e. The molecule has 19 heavy (non-hydrogen) atoms. The predicted molar refractivity (Wildman–Crippen MR) is 72.4 cm³/mol. The van der Waals surface area contributed by atoms with E-state index in [2.05, 4.69) is 6.08 Å². The molecule has 0 amide bonds. The van der Waals surface area contributed by atoms with E-state index in [0.29, 0.717) is 17.7 Å². The van der Waals surface area contributed by atoms with Crippen LogP contribution in [0.1, 0.15) is 35.4 Å². The summed E-state index contributed by atoms with van der Waals surface area (Å²) in [7, 11) is 0. The summed E-state index contributed by atoms with van der Waals surface area (Å²) in [6.45, 7) is 2.42. The van der Waals surface area contributed by atoms with Crippen LogP contribution in [0.4, 0.5) is 0 Å². The second-order valence-electron chi connectivity index (χ2n) is 5.26. The third-order valence-corrected chi connectivity index (χ3v) is 4.20. The topological polar surface area (TPSA) is 43.4 Å². The van der Waals surface area contributed by atoms with Crippen molar-refractivity contribution >= 4 is 5.57 Å². The van der Waals surface area contributed by atoms with Gasteiger partial charge in [0.1, 0.15) is 5.75 Å². The van der Waals surface area contributed by atoms with Crippen molar-refractivity contribution in [3.8, 4) is 5.75 Å². The van der Waals surface area contributed by atoms with Gasteiger partial charge in [0, 0.05) is 28.5 Å². The number of fused-ring (bicyclic) bond motifs is 5. The molecule has 2 aromatic rings. The standard InChI is InChI=1S/C16H12O3/c1-8-6-10-9-4-2-3-5-12(9)19-7-11(10)14-13(8)15(17)16(14)18/h2-6,8,11H,7H2,1H3/t8-,11+/m1/s1. The van der Waals surface area contributed by atoms with E-state index in [1.807, 2.05) is 31.2 Å². The minimum atomic E-state index is -0.319. The van der Waals surface area contributed by atoms with E-state index in [1.165, 1.54) is 0 Å². The van der Waals surface area contributed by atoms with Crippen LogP contribution < -0.4 is 15.6 Å². The molecule has 2 aliphatic rings. The van der Waals surface area contributed by atoms with Gasteiger partial charge in [0.15, 0.2) is 0 Å². The molecule has 4 rings (SSSR count). The van der Waals surface area contributed by atoms with Gasteiger partial charge in [-0.15, -0.1) is 0 Å². The molecular weight excluding hydrogens is 240 g/mol. The first-order valence-corrected chi connectivity index (χ1v) is 6.45. The first-order chi connectivity index (χ1) is 9.18. The summed E-state index contributed by atoms with van der Waals surface area (Å²) < 4.78 is 5.73. The highest BCUT2D eigenvalue weighted by Crippen LogP contribution is 2.46. The Morgan fingerprint density at radius 2 is 1.84 bits per heavy atom. The van der Waals surface area contributed by atoms with Crippen LogP contribution in [0.5, 0.6) is 5.75 Å². The maximum absolute atomic E-state index is 11.8. The molecule has 2 aromatic carbocycles. The Bertz CT molecular complexity index is 791. The molecule has 0 spiro atoms. The zero-order valence-electron chi connectivity index (χ0n) is 10.5. The molecule has 0 radical (unpaired) electrons. The number of benzene rings is 1. The number of allylic oxidation sites excluding steroid dienone is 1. The maximum atomic E-state index is 11.8. The quantitative estimate of drug-likeness (QED) is 0.673. The molecule has 94 valence electrons. The fraction of sp³-hybridized carbons (Fsp3) is 0.250. The molecule has 0 bridgehead atoms. The lowest BCUT2D eigenvalue weighted by molar-refractivity contribution is 0.294. The predicted octanol–water partition coefficient (Wildman–Crippen LogP) is 1.96. The van der Waals surface area contributed by atoms with E-state index in [4.69, 9.17) is 4.74 Å². The van der Waals surface area contributed by atoms with Crippen LogP contribution in [0.2, 0.25) is 0 Å². The van der Waals surface area contributed by atoms with Crippen LogP contribution in [0.15, 0.2) is 39.9 Å². The molecule has 1 aliphatic carbocycles. The van der Waals surface area contributed by atoms with Gasteiger partial charge in [-0.3, -0.25) is 9.59 Å². The maximum Gasteiger partial charge on any atom is 0.230 e. The van der Waals surface area contributed by atoms with Crippen molar-refractivity contribution in [3.63, 3.8) is 0 Å². The summed E-state index contributed by atoms with van der Waals surface area (Å²) in [5.41, 5.74) is 2.93. The van der Waals surface area contributed by atoms with Crippen molar-refractivity contribution in [2.45, 2.75) is 18.8 Å². The van der Waals surface area contributed by atoms with Gasteiger partial charge in [0.25, 0.3) is 0 Å². The fourth-order valence-corrected chi connectivity index (χ4v) is 3.30. The van der Waals surface area contributed by atoms with Gasteiger partial charge in [0.05, 0.1) is 6.61 Å². The van der Waals surface area contributed by atoms with Crippen molar-refractivity contribution in [3.05, 3.63) is 67.5 Å². The number of rotatable bonds is 0. The van der Waals surface area contributed by atoms with Crippen LogP contribution >= 0.6 is 0 Å². The molecule has 0 unspecified atom stereocenters. The summed E-state index contributed by atoms with van der Waals surface area (Å²) in [5.74, 6) is 0.822. The van der Waals surface area contributed by atoms with E-state index in [-0.39, 0.29) is 22.7 Å². The third kappa shape index (κ3) is 1.22. The average Bonchev–Trinajstić information content (AvgIpc) is 2.45. The molecule has 3 nitrogen and oxygen atoms in total. The molecule has 0 saturated heterocycles. The Morgan fingerprint density at radius 1 is 1.11 bits per heavy atom. The molecule has 0 aromatic heterocycles. The second kappa shape index (κ2) is 3.44. The molecule has 1 heterocycles. The lowest BCUT2D eigenvalue weighted by Crippen LogP contribution is -2.45. The number of hydrogen-bond donors (Lipinski definition) is 0. The zero-order valence-corrected chi connectivity index (χ0v) is 10.5. The molecule has 0 N–H and O–H groups in total. The summed E-state index contributed by atoms with van der Waals surface area (Å²) >= 11 is 0. The third-order valence-electron chi connectivity index (χ3n) is 4.20. The van der Waals surface area contributed by atoms with Gasteiger partial charge in [-0.2, -0.15) is 0 Å². The smallest absolute Gasteiger partial charge is 0.230 e. The highest BCUT2D eigenvalue weighted by molar-refractivity contribution is 5.80. The van der Waals surface area contributed by atoms with Gasteiger partial charge in [-0.25, -0.2) is 0 Å². The Kier molecular flexibility index (Phi) is 1.94. The molecule has 0 fully saturated rings. The normalized spacial score (nSPS) is 23.9. The van der Waals surface area contributed by atoms with Crippen molar-refractivity contribution in [2.75, 3.05) is 6.61 Å². The Balaban J connectivity index is 1.95. The first kappa shape index (κ1) is 10.7. The highest BCUT2D eigenvalue weighted by Gasteiger charge is 2.39. The van der Waals surface area contributed by atoms with E-state index in [0.717, 1.165) is 16.9 Å². The molecule has 0 saturated carbocycles. The minimum Gasteiger partial charge on any atom is -0.492 e. The van der Waals surface area contributed by atoms with Gasteiger partial charge in [-0.05, 0) is 11.6 Å². The van der Waals surface area contributed by atoms with Crippen LogP contribution in [-0.4, -0.2) is 6.61 Å². The van der Waals surface area contributed by atoms with E-state index < -0.39 is 0 Å². The van der Waals surface area contributed by atoms with Gasteiger partial charge in [-0.1, -0.05) is 31.2 Å². The summed E-state index contributed by atoms with van der Waals surface area (Å²) in [4.78, 5) is 23.5. The van der Waals surface area contributed by atoms with Gasteiger partial charge in [0.2, 0.25) is 10.9 Å². The molecule has 3 heteroatoms. The molecular formula is C16H12O3. The summed E-state index contributed by atoms with van der Waals surface area (Å²) in [6.07, 6.45) is 2.11. The number of ether oxygens (including phenoxy) is 1. The lowest BCUT2D eigenvalue weighted by atomic mass is 9.72. The van der Waals surface area contributed by atoms with Crippen LogP contribution in [0.25, 0.3) is 5.57 Å². The van der Waals surface area contributed by atoms with Crippen LogP contribution in [0, 0.1) is 0 Å². The highest BCUT2D eigenvalue weighted by atomic mass is 16.5. The summed E-state index contributed by atoms with van der Waals surface area (Å²) in [6, 6.07) is 7.85. The lowest BCUT2D eigenvalue weighted by Gasteiger charge is -2.35. The minimum absolute atomic E-state index is 0.0256. The Labute approximate surface area is 109 Å². The van der Waals surface area contributed by atoms with Gasteiger partial charge >= 0.3 is 0 Å². The molecule has 2 atom stereocenters. The van der Waals surface area contributed by atoms with E-state index in [9.17, 15) is 9.59 Å². The SMILES string of the molecule is C[C@@H]1C=C2c3ccccc3OC[C@@H]2c2c1c(=O)c2=O. The fourth-order valence-electron chi connectivity index (χ4n) is 3.30. The van der Waals surface area contributed by atoms with Crippen molar-refractivity contribution in [1.82, 2.24) is 0 Å². The van der Waals surface area contributed by atoms with Crippen molar-refractivity contribution in [1.29, 1.82) is 0 Å². The van der Waals surface area contributed by atoms with Crippen LogP contribution in [-0.2, 0) is 0 Å². The van der Waals surface area contributed by atoms with Crippen molar-refractivity contribution in [2.24, 2.45) is 0 Å². The number of para-hydroxylation sites is 1. The average molecular weight is 252 g/mol. The second-order valence-corrected chi connectivity index (χ2v) is 5.26. The Hall–Kier alpha value is -2.16. The van der Waals surface area contributed by atoms with E-state index >= 15 is 0 Å². The Morgan fingerprint density at radius 3 is 2.68 bits per heavy atom. The number of hydrogen-bond acceptors (Lipinski definition) is 3. The first-order valence-electron chi connectivity index (χ1n) is 6.45. The molecule has 1 aliphatic heterocycles.